The highest BCUT2D eigenvalue weighted by molar-refractivity contribution is 5.68. The number of aliphatic hydroxyl groups is 1. The summed E-state index contributed by atoms with van der Waals surface area (Å²) in [4.78, 5) is 11.5. The summed E-state index contributed by atoms with van der Waals surface area (Å²) in [6.07, 6.45) is 2.48. The van der Waals surface area contributed by atoms with Crippen LogP contribution >= 0.6 is 0 Å². The van der Waals surface area contributed by atoms with Gasteiger partial charge in [0.2, 0.25) is 0 Å². The third-order valence-electron chi connectivity index (χ3n) is 2.99. The molecule has 0 aliphatic heterocycles. The van der Waals surface area contributed by atoms with Crippen LogP contribution in [0.2, 0.25) is 0 Å². The number of hydrogen-bond donors (Lipinski definition) is 3. The van der Waals surface area contributed by atoms with E-state index in [0.29, 0.717) is 19.3 Å². The van der Waals surface area contributed by atoms with Gasteiger partial charge < -0.3 is 25.2 Å². The Kier molecular flexibility index (Phi) is 7.26. The van der Waals surface area contributed by atoms with Crippen molar-refractivity contribution in [2.75, 3.05) is 26.4 Å². The van der Waals surface area contributed by atoms with Crippen LogP contribution in [0.4, 0.5) is 4.79 Å². The van der Waals surface area contributed by atoms with Gasteiger partial charge >= 0.3 is 6.09 Å². The summed E-state index contributed by atoms with van der Waals surface area (Å²) < 4.78 is 10.4. The van der Waals surface area contributed by atoms with Crippen LogP contribution in [-0.4, -0.2) is 55.2 Å². The molecule has 0 bridgehead atoms. The third-order valence-corrected chi connectivity index (χ3v) is 2.99. The normalized spacial score (nSPS) is 22.2. The average Bonchev–Trinajstić information content (AvgIpc) is 2.27. The number of alkyl carbamates (subject to hydrolysis) is 1. The topological polar surface area (TPSA) is 79.8 Å². The molecule has 1 aliphatic rings. The molecule has 1 rings (SSSR count). The highest BCUT2D eigenvalue weighted by Crippen LogP contribution is 2.20. The molecule has 1 fully saturated rings. The summed E-state index contributed by atoms with van der Waals surface area (Å²) in [7, 11) is 0. The van der Waals surface area contributed by atoms with E-state index in [1.807, 2.05) is 20.8 Å². The molecule has 0 aromatic rings. The Morgan fingerprint density at radius 3 is 2.55 bits per heavy atom. The van der Waals surface area contributed by atoms with Gasteiger partial charge in [-0.05, 0) is 46.6 Å². The molecule has 1 aliphatic carbocycles. The molecule has 20 heavy (non-hydrogen) atoms. The van der Waals surface area contributed by atoms with Gasteiger partial charge in [0.15, 0.2) is 0 Å². The molecule has 6 nitrogen and oxygen atoms in total. The van der Waals surface area contributed by atoms with Crippen LogP contribution in [0.5, 0.6) is 0 Å². The molecule has 118 valence electrons. The predicted molar refractivity (Wildman–Crippen MR) is 76.7 cm³/mol. The van der Waals surface area contributed by atoms with Crippen molar-refractivity contribution in [3.63, 3.8) is 0 Å². The van der Waals surface area contributed by atoms with Gasteiger partial charge in [0.05, 0.1) is 13.2 Å². The van der Waals surface area contributed by atoms with Gasteiger partial charge in [-0.3, -0.25) is 0 Å². The van der Waals surface area contributed by atoms with Crippen molar-refractivity contribution in [1.29, 1.82) is 0 Å². The van der Waals surface area contributed by atoms with E-state index in [4.69, 9.17) is 14.6 Å². The minimum absolute atomic E-state index is 0.0774. The van der Waals surface area contributed by atoms with Crippen molar-refractivity contribution in [3.05, 3.63) is 0 Å². The van der Waals surface area contributed by atoms with Crippen molar-refractivity contribution in [3.8, 4) is 0 Å². The largest absolute Gasteiger partial charge is 0.444 e. The predicted octanol–water partition coefficient (Wildman–Crippen LogP) is 1.03. The molecule has 0 spiro atoms. The highest BCUT2D eigenvalue weighted by atomic mass is 16.6. The first-order valence-corrected chi connectivity index (χ1v) is 7.32. The molecule has 0 aromatic carbocycles. The molecule has 6 heteroatoms. The minimum Gasteiger partial charge on any atom is -0.444 e. The number of nitrogens with one attached hydrogen (secondary N) is 2. The first-order chi connectivity index (χ1) is 9.40. The van der Waals surface area contributed by atoms with Crippen LogP contribution < -0.4 is 10.6 Å². The van der Waals surface area contributed by atoms with Gasteiger partial charge in [-0.15, -0.1) is 0 Å². The van der Waals surface area contributed by atoms with Gasteiger partial charge in [-0.2, -0.15) is 0 Å². The lowest BCUT2D eigenvalue weighted by Gasteiger charge is -2.36. The second kappa shape index (κ2) is 8.44. The number of amides is 1. The first kappa shape index (κ1) is 17.2. The molecule has 1 amide bonds. The third kappa shape index (κ3) is 7.67. The molecular formula is C14H28N2O4. The zero-order valence-electron chi connectivity index (χ0n) is 12.8. The molecule has 0 aromatic heterocycles. The Balaban J connectivity index is 1.96. The number of hydrogen-bond acceptors (Lipinski definition) is 5. The van der Waals surface area contributed by atoms with Crippen LogP contribution in [0.1, 0.15) is 40.0 Å². The van der Waals surface area contributed by atoms with Crippen LogP contribution in [0, 0.1) is 0 Å². The number of carbonyl (C=O) groups is 1. The number of ether oxygens (including phenoxy) is 2. The van der Waals surface area contributed by atoms with Crippen molar-refractivity contribution >= 4 is 6.09 Å². The maximum Gasteiger partial charge on any atom is 0.407 e. The summed E-state index contributed by atoms with van der Waals surface area (Å²) in [5, 5.41) is 14.8. The maximum atomic E-state index is 11.5. The fourth-order valence-electron chi connectivity index (χ4n) is 2.02. The van der Waals surface area contributed by atoms with Crippen LogP contribution in [0.25, 0.3) is 0 Å². The van der Waals surface area contributed by atoms with Crippen LogP contribution in [-0.2, 0) is 9.47 Å². The Morgan fingerprint density at radius 2 is 1.95 bits per heavy atom. The zero-order valence-corrected chi connectivity index (χ0v) is 12.8. The van der Waals surface area contributed by atoms with Crippen molar-refractivity contribution < 1.29 is 19.4 Å². The monoisotopic (exact) mass is 288 g/mol. The van der Waals surface area contributed by atoms with Gasteiger partial charge in [-0.25, -0.2) is 4.79 Å². The molecule has 0 saturated heterocycles. The zero-order chi connectivity index (χ0) is 15.0. The standard InChI is InChI=1S/C14H28N2O4/c1-14(2,3)20-13(18)16-12-9-11(10-12)15-5-4-7-19-8-6-17/h11-12,15,17H,4-10H2,1-3H3,(H,16,18). The summed E-state index contributed by atoms with van der Waals surface area (Å²) in [5.41, 5.74) is -0.444. The number of aliphatic hydroxyl groups excluding tert-OH is 1. The van der Waals surface area contributed by atoms with Crippen LogP contribution in [0.15, 0.2) is 0 Å². The van der Waals surface area contributed by atoms with E-state index >= 15 is 0 Å². The fourth-order valence-corrected chi connectivity index (χ4v) is 2.02. The van der Waals surface area contributed by atoms with E-state index in [1.165, 1.54) is 0 Å². The molecule has 3 N–H and O–H groups in total. The average molecular weight is 288 g/mol. The maximum absolute atomic E-state index is 11.5. The van der Waals surface area contributed by atoms with Gasteiger partial charge in [0.25, 0.3) is 0 Å². The molecule has 0 unspecified atom stereocenters. The Bertz CT molecular complexity index is 285. The fraction of sp³-hybridized carbons (Fsp3) is 0.929. The SMILES string of the molecule is CC(C)(C)OC(=O)NC1CC(NCCCOCCO)C1. The number of carbonyl (C=O) groups excluding carboxylic acids is 1. The lowest BCUT2D eigenvalue weighted by molar-refractivity contribution is 0.0464. The molecular weight excluding hydrogens is 260 g/mol. The summed E-state index contributed by atoms with van der Waals surface area (Å²) >= 11 is 0. The lowest BCUT2D eigenvalue weighted by Crippen LogP contribution is -2.53. The van der Waals surface area contributed by atoms with Crippen molar-refractivity contribution in [1.82, 2.24) is 10.6 Å². The second-order valence-electron chi connectivity index (χ2n) is 6.16. The molecule has 0 atom stereocenters. The highest BCUT2D eigenvalue weighted by Gasteiger charge is 2.30. The van der Waals surface area contributed by atoms with E-state index in [1.54, 1.807) is 0 Å². The summed E-state index contributed by atoms with van der Waals surface area (Å²) in [6.45, 7) is 7.62. The quantitative estimate of drug-likeness (QED) is 0.581. The lowest BCUT2D eigenvalue weighted by atomic mass is 9.87. The Hall–Kier alpha value is -0.850. The van der Waals surface area contributed by atoms with E-state index in [2.05, 4.69) is 10.6 Å². The minimum atomic E-state index is -0.444. The Labute approximate surface area is 121 Å². The molecule has 0 heterocycles. The van der Waals surface area contributed by atoms with E-state index in [-0.39, 0.29) is 18.7 Å². The second-order valence-corrected chi connectivity index (χ2v) is 6.16. The first-order valence-electron chi connectivity index (χ1n) is 7.32. The molecule has 1 saturated carbocycles. The smallest absolute Gasteiger partial charge is 0.407 e. The summed E-state index contributed by atoms with van der Waals surface area (Å²) in [6, 6.07) is 0.681. The Morgan fingerprint density at radius 1 is 1.25 bits per heavy atom. The van der Waals surface area contributed by atoms with Crippen molar-refractivity contribution in [2.45, 2.75) is 57.7 Å². The van der Waals surface area contributed by atoms with E-state index < -0.39 is 5.60 Å². The molecule has 0 radical (unpaired) electrons. The van der Waals surface area contributed by atoms with Gasteiger partial charge in [0, 0.05) is 18.7 Å². The van der Waals surface area contributed by atoms with Gasteiger partial charge in [0.1, 0.15) is 5.60 Å². The summed E-state index contributed by atoms with van der Waals surface area (Å²) in [5.74, 6) is 0. The van der Waals surface area contributed by atoms with Crippen LogP contribution in [0.3, 0.4) is 0 Å². The van der Waals surface area contributed by atoms with E-state index in [9.17, 15) is 4.79 Å². The number of rotatable bonds is 8. The van der Waals surface area contributed by atoms with E-state index in [0.717, 1.165) is 25.8 Å². The van der Waals surface area contributed by atoms with Crippen molar-refractivity contribution in [2.24, 2.45) is 0 Å². The van der Waals surface area contributed by atoms with Gasteiger partial charge in [-0.1, -0.05) is 0 Å².